The fourth-order valence-electron chi connectivity index (χ4n) is 3.43. The van der Waals surface area contributed by atoms with Crippen molar-refractivity contribution >= 4 is 33.3 Å². The van der Waals surface area contributed by atoms with Crippen LogP contribution < -0.4 is 14.9 Å². The van der Waals surface area contributed by atoms with Gasteiger partial charge in [-0.1, -0.05) is 17.7 Å². The second-order valence-electron chi connectivity index (χ2n) is 7.89. The molecule has 0 aliphatic carbocycles. The molecule has 2 amide bonds. The zero-order chi connectivity index (χ0) is 24.0. The number of aryl methyl sites for hydroxylation is 1. The van der Waals surface area contributed by atoms with Gasteiger partial charge in [0.2, 0.25) is 21.8 Å². The normalized spacial score (nSPS) is 14.1. The summed E-state index contributed by atoms with van der Waals surface area (Å²) in [5, 5.41) is 2.47. The van der Waals surface area contributed by atoms with Gasteiger partial charge in [0.05, 0.1) is 18.0 Å². The minimum absolute atomic E-state index is 0.0157. The number of carbonyl (C=O) groups is 3. The molecule has 0 unspecified atom stereocenters. The quantitative estimate of drug-likeness (QED) is 0.553. The molecule has 1 heterocycles. The number of amides is 2. The van der Waals surface area contributed by atoms with Crippen LogP contribution in [0.4, 0.5) is 5.69 Å². The molecule has 10 heteroatoms. The second kappa shape index (κ2) is 10.6. The van der Waals surface area contributed by atoms with Crippen LogP contribution in [-0.2, 0) is 19.6 Å². The topological polar surface area (TPSA) is 116 Å². The molecule has 0 saturated carbocycles. The zero-order valence-corrected chi connectivity index (χ0v) is 19.5. The Hall–Kier alpha value is -3.24. The standard InChI is InChI=1S/C23H28N4O5S/c1-17-3-9-21(10-4-17)33(31,32)25-15-22(29)24-16-23(30)27-13-11-26(12-14-27)20-7-5-19(6-8-20)18(2)28/h3-10,25H,11-16H2,1-2H3,(H,24,29). The number of Topliss-reactive ketones (excluding diaryl/α,β-unsaturated/α-hetero) is 1. The van der Waals surface area contributed by atoms with Gasteiger partial charge in [-0.3, -0.25) is 14.4 Å². The highest BCUT2D eigenvalue weighted by molar-refractivity contribution is 7.89. The van der Waals surface area contributed by atoms with Gasteiger partial charge in [-0.05, 0) is 50.2 Å². The smallest absolute Gasteiger partial charge is 0.242 e. The van der Waals surface area contributed by atoms with Crippen LogP contribution in [0.2, 0.25) is 0 Å². The van der Waals surface area contributed by atoms with Crippen LogP contribution in [-0.4, -0.2) is 70.2 Å². The molecule has 0 bridgehead atoms. The maximum atomic E-state index is 12.4. The molecule has 1 saturated heterocycles. The maximum Gasteiger partial charge on any atom is 0.242 e. The molecule has 176 valence electrons. The number of anilines is 1. The fraction of sp³-hybridized carbons (Fsp3) is 0.348. The lowest BCUT2D eigenvalue weighted by Gasteiger charge is -2.36. The average molecular weight is 473 g/mol. The van der Waals surface area contributed by atoms with E-state index in [0.29, 0.717) is 31.7 Å². The zero-order valence-electron chi connectivity index (χ0n) is 18.7. The number of sulfonamides is 1. The third kappa shape index (κ3) is 6.62. The number of hydrogen-bond acceptors (Lipinski definition) is 6. The minimum Gasteiger partial charge on any atom is -0.368 e. The first-order valence-electron chi connectivity index (χ1n) is 10.6. The highest BCUT2D eigenvalue weighted by Gasteiger charge is 2.22. The van der Waals surface area contributed by atoms with Gasteiger partial charge in [-0.25, -0.2) is 13.1 Å². The van der Waals surface area contributed by atoms with Gasteiger partial charge in [0.15, 0.2) is 5.78 Å². The molecule has 0 aromatic heterocycles. The maximum absolute atomic E-state index is 12.4. The first kappa shape index (κ1) is 24.4. The molecule has 0 radical (unpaired) electrons. The molecular formula is C23H28N4O5S. The predicted octanol–water partition coefficient (Wildman–Crippen LogP) is 0.941. The van der Waals surface area contributed by atoms with E-state index in [9.17, 15) is 22.8 Å². The van der Waals surface area contributed by atoms with E-state index in [1.807, 2.05) is 19.1 Å². The minimum atomic E-state index is -3.80. The Bertz CT molecular complexity index is 1110. The van der Waals surface area contributed by atoms with Crippen molar-refractivity contribution in [1.29, 1.82) is 0 Å². The largest absolute Gasteiger partial charge is 0.368 e. The van der Waals surface area contributed by atoms with Crippen LogP contribution in [0.5, 0.6) is 0 Å². The summed E-state index contributed by atoms with van der Waals surface area (Å²) >= 11 is 0. The lowest BCUT2D eigenvalue weighted by molar-refractivity contribution is -0.132. The van der Waals surface area contributed by atoms with Crippen LogP contribution in [0.1, 0.15) is 22.8 Å². The summed E-state index contributed by atoms with van der Waals surface area (Å²) in [6.45, 7) is 5.00. The van der Waals surface area contributed by atoms with E-state index >= 15 is 0 Å². The Morgan fingerprint density at radius 3 is 2.06 bits per heavy atom. The first-order chi connectivity index (χ1) is 15.7. The molecular weight excluding hydrogens is 444 g/mol. The average Bonchev–Trinajstić information content (AvgIpc) is 2.81. The van der Waals surface area contributed by atoms with Gasteiger partial charge in [0.25, 0.3) is 0 Å². The summed E-state index contributed by atoms with van der Waals surface area (Å²) in [7, 11) is -3.80. The molecule has 1 fully saturated rings. The van der Waals surface area contributed by atoms with Crippen LogP contribution in [0.3, 0.4) is 0 Å². The fourth-order valence-corrected chi connectivity index (χ4v) is 4.41. The van der Waals surface area contributed by atoms with Crippen LogP contribution in [0.25, 0.3) is 0 Å². The monoisotopic (exact) mass is 472 g/mol. The van der Waals surface area contributed by atoms with Crippen molar-refractivity contribution in [3.05, 3.63) is 59.7 Å². The molecule has 0 spiro atoms. The van der Waals surface area contributed by atoms with Gasteiger partial charge in [-0.15, -0.1) is 0 Å². The number of hydrogen-bond donors (Lipinski definition) is 2. The molecule has 2 N–H and O–H groups in total. The predicted molar refractivity (Wildman–Crippen MR) is 125 cm³/mol. The molecule has 33 heavy (non-hydrogen) atoms. The molecule has 1 aliphatic rings. The Kier molecular flexibility index (Phi) is 7.83. The number of piperazine rings is 1. The number of nitrogens with zero attached hydrogens (tertiary/aromatic N) is 2. The Morgan fingerprint density at radius 2 is 1.48 bits per heavy atom. The lowest BCUT2D eigenvalue weighted by atomic mass is 10.1. The molecule has 0 atom stereocenters. The van der Waals surface area contributed by atoms with E-state index in [1.54, 1.807) is 29.2 Å². The number of rotatable bonds is 8. The van der Waals surface area contributed by atoms with Crippen molar-refractivity contribution in [2.24, 2.45) is 0 Å². The van der Waals surface area contributed by atoms with E-state index in [-0.39, 0.29) is 23.1 Å². The van der Waals surface area contributed by atoms with Gasteiger partial charge < -0.3 is 15.1 Å². The summed E-state index contributed by atoms with van der Waals surface area (Å²) in [6, 6.07) is 13.7. The van der Waals surface area contributed by atoms with E-state index in [2.05, 4.69) is 14.9 Å². The van der Waals surface area contributed by atoms with E-state index in [1.165, 1.54) is 19.1 Å². The van der Waals surface area contributed by atoms with Crippen molar-refractivity contribution in [2.75, 3.05) is 44.2 Å². The summed E-state index contributed by atoms with van der Waals surface area (Å²) < 4.78 is 26.7. The van der Waals surface area contributed by atoms with Gasteiger partial charge >= 0.3 is 0 Å². The summed E-state index contributed by atoms with van der Waals surface area (Å²) in [4.78, 5) is 39.7. The van der Waals surface area contributed by atoms with Gasteiger partial charge in [-0.2, -0.15) is 0 Å². The molecule has 2 aromatic carbocycles. The number of ketones is 1. The van der Waals surface area contributed by atoms with Crippen LogP contribution in [0.15, 0.2) is 53.4 Å². The van der Waals surface area contributed by atoms with Crippen molar-refractivity contribution in [2.45, 2.75) is 18.7 Å². The van der Waals surface area contributed by atoms with Gasteiger partial charge in [0, 0.05) is 37.4 Å². The Labute approximate surface area is 193 Å². The SMILES string of the molecule is CC(=O)c1ccc(N2CCN(C(=O)CNC(=O)CNS(=O)(=O)c3ccc(C)cc3)CC2)cc1. The van der Waals surface area contributed by atoms with E-state index in [0.717, 1.165) is 11.3 Å². The van der Waals surface area contributed by atoms with Gasteiger partial charge in [0.1, 0.15) is 0 Å². The Morgan fingerprint density at radius 1 is 0.879 bits per heavy atom. The van der Waals surface area contributed by atoms with Crippen molar-refractivity contribution in [3.63, 3.8) is 0 Å². The third-order valence-corrected chi connectivity index (χ3v) is 6.88. The van der Waals surface area contributed by atoms with Crippen LogP contribution >= 0.6 is 0 Å². The second-order valence-corrected chi connectivity index (χ2v) is 9.65. The molecule has 2 aromatic rings. The van der Waals surface area contributed by atoms with E-state index < -0.39 is 22.5 Å². The number of nitrogens with one attached hydrogen (secondary N) is 2. The summed E-state index contributed by atoms with van der Waals surface area (Å²) in [5.74, 6) is -0.790. The highest BCUT2D eigenvalue weighted by atomic mass is 32.2. The molecule has 1 aliphatic heterocycles. The van der Waals surface area contributed by atoms with E-state index in [4.69, 9.17) is 0 Å². The summed E-state index contributed by atoms with van der Waals surface area (Å²) in [6.07, 6.45) is 0. The lowest BCUT2D eigenvalue weighted by Crippen LogP contribution is -2.51. The highest BCUT2D eigenvalue weighted by Crippen LogP contribution is 2.17. The van der Waals surface area contributed by atoms with Crippen molar-refractivity contribution < 1.29 is 22.8 Å². The van der Waals surface area contributed by atoms with Crippen molar-refractivity contribution in [3.8, 4) is 0 Å². The number of carbonyl (C=O) groups excluding carboxylic acids is 3. The molecule has 9 nitrogen and oxygen atoms in total. The Balaban J connectivity index is 1.41. The van der Waals surface area contributed by atoms with Crippen LogP contribution in [0, 0.1) is 6.92 Å². The van der Waals surface area contributed by atoms with Crippen molar-refractivity contribution in [1.82, 2.24) is 14.9 Å². The number of benzene rings is 2. The third-order valence-electron chi connectivity index (χ3n) is 5.46. The summed E-state index contributed by atoms with van der Waals surface area (Å²) in [5.41, 5.74) is 2.57. The first-order valence-corrected chi connectivity index (χ1v) is 12.1. The molecule has 3 rings (SSSR count).